The van der Waals surface area contributed by atoms with Gasteiger partial charge in [0.2, 0.25) is 0 Å². The molecule has 0 unspecified atom stereocenters. The van der Waals surface area contributed by atoms with Crippen molar-refractivity contribution in [2.45, 2.75) is 6.54 Å². The highest BCUT2D eigenvalue weighted by Gasteiger charge is 2.17. The fourth-order valence-electron chi connectivity index (χ4n) is 1.40. The second-order valence-corrected chi connectivity index (χ2v) is 4.33. The number of H-pyrrole nitrogens is 1. The van der Waals surface area contributed by atoms with E-state index in [1.54, 1.807) is 12.3 Å². The summed E-state index contributed by atoms with van der Waals surface area (Å²) in [6, 6.07) is 3.93. The number of nitrogens with one attached hydrogen (secondary N) is 2. The summed E-state index contributed by atoms with van der Waals surface area (Å²) < 4.78 is 13.4. The Bertz CT molecular complexity index is 574. The van der Waals surface area contributed by atoms with Crippen LogP contribution in [-0.2, 0) is 6.54 Å². The monoisotopic (exact) mass is 314 g/mol. The predicted molar refractivity (Wildman–Crippen MR) is 66.7 cm³/mol. The Labute approximate surface area is 109 Å². The average Bonchev–Trinajstić information content (AvgIpc) is 2.83. The van der Waals surface area contributed by atoms with Crippen molar-refractivity contribution in [1.82, 2.24) is 10.2 Å². The second kappa shape index (κ2) is 5.13. The SMILES string of the molecule is O=[N+]([O-])c1cc(Br)c(F)cc1NCc1ccn[nH]1. The number of aromatic nitrogens is 2. The Morgan fingerprint density at radius 3 is 2.94 bits per heavy atom. The van der Waals surface area contributed by atoms with E-state index >= 15 is 0 Å². The molecule has 1 aromatic carbocycles. The van der Waals surface area contributed by atoms with Gasteiger partial charge in [0.05, 0.1) is 21.6 Å². The summed E-state index contributed by atoms with van der Waals surface area (Å²) in [5, 5.41) is 20.1. The number of nitrogens with zero attached hydrogens (tertiary/aromatic N) is 2. The predicted octanol–water partition coefficient (Wildman–Crippen LogP) is 2.83. The average molecular weight is 315 g/mol. The molecular formula is C10H8BrFN4O2. The van der Waals surface area contributed by atoms with Crippen LogP contribution in [0.25, 0.3) is 0 Å². The zero-order valence-electron chi connectivity index (χ0n) is 8.98. The largest absolute Gasteiger partial charge is 0.374 e. The molecule has 0 bridgehead atoms. The van der Waals surface area contributed by atoms with Crippen LogP contribution in [0, 0.1) is 15.9 Å². The van der Waals surface area contributed by atoms with Crippen molar-refractivity contribution in [2.75, 3.05) is 5.32 Å². The molecule has 0 saturated carbocycles. The van der Waals surface area contributed by atoms with E-state index in [1.165, 1.54) is 0 Å². The van der Waals surface area contributed by atoms with Crippen LogP contribution < -0.4 is 5.32 Å². The Balaban J connectivity index is 2.25. The highest BCUT2D eigenvalue weighted by molar-refractivity contribution is 9.10. The maximum absolute atomic E-state index is 13.4. The fourth-order valence-corrected chi connectivity index (χ4v) is 1.73. The first-order valence-electron chi connectivity index (χ1n) is 4.93. The molecule has 1 aromatic heterocycles. The molecule has 0 radical (unpaired) electrons. The smallest absolute Gasteiger partial charge is 0.293 e. The standard InChI is InChI=1S/C10H8BrFN4O2/c11-7-3-10(16(17)18)9(4-8(7)12)13-5-6-1-2-14-15-6/h1-4,13H,5H2,(H,14,15). The zero-order chi connectivity index (χ0) is 13.1. The number of nitro benzene ring substituents is 1. The van der Waals surface area contributed by atoms with Gasteiger partial charge in [-0.1, -0.05) is 0 Å². The van der Waals surface area contributed by atoms with Gasteiger partial charge < -0.3 is 5.32 Å². The van der Waals surface area contributed by atoms with Crippen LogP contribution >= 0.6 is 15.9 Å². The molecule has 0 atom stereocenters. The molecule has 94 valence electrons. The lowest BCUT2D eigenvalue weighted by Gasteiger charge is -2.06. The highest BCUT2D eigenvalue weighted by atomic mass is 79.9. The molecule has 2 aromatic rings. The zero-order valence-corrected chi connectivity index (χ0v) is 10.6. The molecule has 0 aliphatic carbocycles. The van der Waals surface area contributed by atoms with Crippen molar-refractivity contribution in [3.63, 3.8) is 0 Å². The van der Waals surface area contributed by atoms with Gasteiger partial charge in [-0.05, 0) is 22.0 Å². The normalized spacial score (nSPS) is 10.3. The molecule has 1 heterocycles. The first-order chi connectivity index (χ1) is 8.58. The molecule has 0 fully saturated rings. The third-order valence-electron chi connectivity index (χ3n) is 2.26. The summed E-state index contributed by atoms with van der Waals surface area (Å²) in [7, 11) is 0. The van der Waals surface area contributed by atoms with Gasteiger partial charge in [-0.3, -0.25) is 15.2 Å². The van der Waals surface area contributed by atoms with Crippen LogP contribution in [0.5, 0.6) is 0 Å². The lowest BCUT2D eigenvalue weighted by Crippen LogP contribution is -2.04. The van der Waals surface area contributed by atoms with Crippen LogP contribution in [0.15, 0.2) is 28.9 Å². The van der Waals surface area contributed by atoms with Crippen molar-refractivity contribution in [1.29, 1.82) is 0 Å². The number of hydrogen-bond donors (Lipinski definition) is 2. The molecule has 0 aliphatic heterocycles. The molecule has 8 heteroatoms. The van der Waals surface area contributed by atoms with E-state index in [1.807, 2.05) is 0 Å². The topological polar surface area (TPSA) is 83.8 Å². The third-order valence-corrected chi connectivity index (χ3v) is 2.87. The van der Waals surface area contributed by atoms with Gasteiger partial charge in [-0.15, -0.1) is 0 Å². The summed E-state index contributed by atoms with van der Waals surface area (Å²) in [4.78, 5) is 10.3. The minimum atomic E-state index is -0.570. The maximum Gasteiger partial charge on any atom is 0.293 e. The lowest BCUT2D eigenvalue weighted by atomic mass is 10.2. The Kier molecular flexibility index (Phi) is 3.56. The van der Waals surface area contributed by atoms with E-state index in [4.69, 9.17) is 0 Å². The number of nitro groups is 1. The number of halogens is 2. The van der Waals surface area contributed by atoms with E-state index in [0.29, 0.717) is 6.54 Å². The molecule has 2 N–H and O–H groups in total. The molecule has 0 amide bonds. The number of hydrogen-bond acceptors (Lipinski definition) is 4. The van der Waals surface area contributed by atoms with Gasteiger partial charge in [-0.25, -0.2) is 4.39 Å². The van der Waals surface area contributed by atoms with Crippen LogP contribution in [-0.4, -0.2) is 15.1 Å². The first kappa shape index (κ1) is 12.5. The van der Waals surface area contributed by atoms with Gasteiger partial charge in [0.15, 0.2) is 0 Å². The number of benzene rings is 1. The minimum absolute atomic E-state index is 0.0568. The molecule has 0 saturated heterocycles. The molecule has 0 spiro atoms. The van der Waals surface area contributed by atoms with Crippen LogP contribution in [0.4, 0.5) is 15.8 Å². The number of aromatic amines is 1. The Morgan fingerprint density at radius 2 is 2.33 bits per heavy atom. The molecule has 2 rings (SSSR count). The maximum atomic E-state index is 13.4. The second-order valence-electron chi connectivity index (χ2n) is 3.48. The molecule has 6 nitrogen and oxygen atoms in total. The number of rotatable bonds is 4. The van der Waals surface area contributed by atoms with Crippen molar-refractivity contribution < 1.29 is 9.31 Å². The van der Waals surface area contributed by atoms with E-state index in [2.05, 4.69) is 31.4 Å². The Hall–Kier alpha value is -1.96. The van der Waals surface area contributed by atoms with E-state index in [9.17, 15) is 14.5 Å². The molecular weight excluding hydrogens is 307 g/mol. The third kappa shape index (κ3) is 2.65. The van der Waals surface area contributed by atoms with E-state index in [-0.39, 0.29) is 15.8 Å². The molecule has 0 aliphatic rings. The van der Waals surface area contributed by atoms with Gasteiger partial charge in [0.25, 0.3) is 5.69 Å². The minimum Gasteiger partial charge on any atom is -0.374 e. The van der Waals surface area contributed by atoms with Crippen LogP contribution in [0.1, 0.15) is 5.69 Å². The quantitative estimate of drug-likeness (QED) is 0.671. The van der Waals surface area contributed by atoms with Crippen molar-refractivity contribution >= 4 is 27.3 Å². The van der Waals surface area contributed by atoms with Gasteiger partial charge in [-0.2, -0.15) is 5.10 Å². The van der Waals surface area contributed by atoms with E-state index < -0.39 is 10.7 Å². The summed E-state index contributed by atoms with van der Waals surface area (Å²) in [6.45, 7) is 0.294. The first-order valence-corrected chi connectivity index (χ1v) is 5.73. The van der Waals surface area contributed by atoms with Crippen LogP contribution in [0.3, 0.4) is 0 Å². The van der Waals surface area contributed by atoms with Crippen molar-refractivity contribution in [3.8, 4) is 0 Å². The summed E-state index contributed by atoms with van der Waals surface area (Å²) >= 11 is 2.91. The summed E-state index contributed by atoms with van der Waals surface area (Å²) in [5.74, 6) is -0.562. The molecule has 18 heavy (non-hydrogen) atoms. The summed E-state index contributed by atoms with van der Waals surface area (Å²) in [5.41, 5.74) is 0.672. The fraction of sp³-hybridized carbons (Fsp3) is 0.100. The van der Waals surface area contributed by atoms with Gasteiger partial charge in [0.1, 0.15) is 11.5 Å². The van der Waals surface area contributed by atoms with E-state index in [0.717, 1.165) is 17.8 Å². The van der Waals surface area contributed by atoms with Crippen molar-refractivity contribution in [2.24, 2.45) is 0 Å². The Morgan fingerprint density at radius 1 is 1.56 bits per heavy atom. The highest BCUT2D eigenvalue weighted by Crippen LogP contribution is 2.30. The van der Waals surface area contributed by atoms with Crippen molar-refractivity contribution in [3.05, 3.63) is 50.5 Å². The van der Waals surface area contributed by atoms with Gasteiger partial charge in [0, 0.05) is 18.3 Å². The lowest BCUT2D eigenvalue weighted by molar-refractivity contribution is -0.384. The summed E-state index contributed by atoms with van der Waals surface area (Å²) in [6.07, 6.45) is 1.56. The van der Waals surface area contributed by atoms with Gasteiger partial charge >= 0.3 is 0 Å². The van der Waals surface area contributed by atoms with Crippen LogP contribution in [0.2, 0.25) is 0 Å². The number of anilines is 1.